The molecule has 0 saturated heterocycles. The lowest BCUT2D eigenvalue weighted by molar-refractivity contribution is 0.444. The van der Waals surface area contributed by atoms with Crippen molar-refractivity contribution in [2.45, 2.75) is 76.2 Å². The molecule has 1 atom stereocenters. The van der Waals surface area contributed by atoms with E-state index in [0.717, 1.165) is 19.3 Å². The molecule has 1 fully saturated rings. The highest BCUT2D eigenvalue weighted by molar-refractivity contribution is 5.21. The number of fused-ring (bicyclic) bond motifs is 1. The van der Waals surface area contributed by atoms with Gasteiger partial charge in [-0.05, 0) is 25.7 Å². The minimum Gasteiger partial charge on any atom is -0.345 e. The minimum atomic E-state index is 0.336. The van der Waals surface area contributed by atoms with Crippen LogP contribution in [0.15, 0.2) is 0 Å². The Morgan fingerprint density at radius 2 is 1.72 bits per heavy atom. The normalized spacial score (nSPS) is 26.4. The van der Waals surface area contributed by atoms with Crippen LogP contribution >= 0.6 is 0 Å². The molecule has 100 valence electrons. The van der Waals surface area contributed by atoms with Crippen LogP contribution in [0.1, 0.15) is 74.5 Å². The molecule has 3 N–H and O–H groups in total. The lowest BCUT2D eigenvalue weighted by atomic mass is 9.91. The number of aromatic nitrogens is 2. The molecule has 2 aliphatic rings. The molecule has 1 heterocycles. The van der Waals surface area contributed by atoms with E-state index in [4.69, 9.17) is 10.7 Å². The van der Waals surface area contributed by atoms with Crippen molar-refractivity contribution >= 4 is 0 Å². The topological polar surface area (TPSA) is 54.7 Å². The molecule has 2 aliphatic carbocycles. The van der Waals surface area contributed by atoms with Crippen LogP contribution in [-0.2, 0) is 12.8 Å². The molecular formula is C15H25N3. The zero-order valence-electron chi connectivity index (χ0n) is 11.3. The molecular weight excluding hydrogens is 222 g/mol. The van der Waals surface area contributed by atoms with Gasteiger partial charge in [0.2, 0.25) is 0 Å². The number of imidazole rings is 1. The highest BCUT2D eigenvalue weighted by Gasteiger charge is 2.23. The predicted octanol–water partition coefficient (Wildman–Crippen LogP) is 3.05. The van der Waals surface area contributed by atoms with Gasteiger partial charge in [-0.3, -0.25) is 0 Å². The molecule has 3 rings (SSSR count). The van der Waals surface area contributed by atoms with Crippen LogP contribution < -0.4 is 5.73 Å². The Bertz CT molecular complexity index is 388. The van der Waals surface area contributed by atoms with E-state index in [1.807, 2.05) is 0 Å². The van der Waals surface area contributed by atoms with E-state index in [-0.39, 0.29) is 0 Å². The zero-order valence-corrected chi connectivity index (χ0v) is 11.3. The molecule has 3 heteroatoms. The zero-order chi connectivity index (χ0) is 12.4. The van der Waals surface area contributed by atoms with Crippen molar-refractivity contribution < 1.29 is 0 Å². The van der Waals surface area contributed by atoms with Crippen LogP contribution in [0, 0.1) is 0 Å². The van der Waals surface area contributed by atoms with Crippen LogP contribution in [-0.4, -0.2) is 16.0 Å². The van der Waals surface area contributed by atoms with Gasteiger partial charge in [-0.15, -0.1) is 0 Å². The number of H-pyrrole nitrogens is 1. The van der Waals surface area contributed by atoms with Gasteiger partial charge in [0.05, 0.1) is 5.69 Å². The molecule has 1 aromatic heterocycles. The smallest absolute Gasteiger partial charge is 0.109 e. The van der Waals surface area contributed by atoms with Crippen molar-refractivity contribution in [3.8, 4) is 0 Å². The Kier molecular flexibility index (Phi) is 3.69. The van der Waals surface area contributed by atoms with E-state index < -0.39 is 0 Å². The number of aryl methyl sites for hydroxylation is 1. The molecule has 3 nitrogen and oxygen atoms in total. The highest BCUT2D eigenvalue weighted by Crippen LogP contribution is 2.31. The summed E-state index contributed by atoms with van der Waals surface area (Å²) >= 11 is 0. The second kappa shape index (κ2) is 5.43. The van der Waals surface area contributed by atoms with Crippen molar-refractivity contribution in [3.05, 3.63) is 17.2 Å². The maximum absolute atomic E-state index is 6.04. The monoisotopic (exact) mass is 247 g/mol. The van der Waals surface area contributed by atoms with Crippen LogP contribution in [0.3, 0.4) is 0 Å². The predicted molar refractivity (Wildman–Crippen MR) is 73.6 cm³/mol. The Labute approximate surface area is 110 Å². The van der Waals surface area contributed by atoms with Crippen LogP contribution in [0.5, 0.6) is 0 Å². The standard InChI is InChI=1S/C15H25N3/c16-12-8-9-13-14(10-12)18-15(17-13)11-6-4-2-1-3-5-7-11/h11-12H,1-10,16H2,(H,17,18). The first-order valence-electron chi connectivity index (χ1n) is 7.66. The number of aromatic amines is 1. The van der Waals surface area contributed by atoms with Crippen molar-refractivity contribution in [1.29, 1.82) is 0 Å². The van der Waals surface area contributed by atoms with E-state index in [1.54, 1.807) is 0 Å². The van der Waals surface area contributed by atoms with Crippen molar-refractivity contribution in [2.75, 3.05) is 0 Å². The molecule has 0 bridgehead atoms. The van der Waals surface area contributed by atoms with Gasteiger partial charge in [-0.2, -0.15) is 0 Å². The average molecular weight is 247 g/mol. The van der Waals surface area contributed by atoms with E-state index in [9.17, 15) is 0 Å². The number of rotatable bonds is 1. The Morgan fingerprint density at radius 1 is 1.00 bits per heavy atom. The summed E-state index contributed by atoms with van der Waals surface area (Å²) in [4.78, 5) is 8.46. The summed E-state index contributed by atoms with van der Waals surface area (Å²) in [5.41, 5.74) is 8.66. The molecule has 0 aromatic carbocycles. The number of hydrogen-bond donors (Lipinski definition) is 2. The first-order valence-corrected chi connectivity index (χ1v) is 7.66. The summed E-state index contributed by atoms with van der Waals surface area (Å²) in [6.45, 7) is 0. The summed E-state index contributed by atoms with van der Waals surface area (Å²) in [7, 11) is 0. The summed E-state index contributed by atoms with van der Waals surface area (Å²) in [6, 6.07) is 0.336. The lowest BCUT2D eigenvalue weighted by Crippen LogP contribution is -2.27. The second-order valence-corrected chi connectivity index (χ2v) is 6.09. The van der Waals surface area contributed by atoms with E-state index in [1.165, 1.54) is 62.2 Å². The second-order valence-electron chi connectivity index (χ2n) is 6.09. The minimum absolute atomic E-state index is 0.336. The largest absolute Gasteiger partial charge is 0.345 e. The van der Waals surface area contributed by atoms with E-state index in [2.05, 4.69) is 4.98 Å². The molecule has 0 aliphatic heterocycles. The van der Waals surface area contributed by atoms with Crippen LogP contribution in [0.25, 0.3) is 0 Å². The molecule has 1 unspecified atom stereocenters. The van der Waals surface area contributed by atoms with E-state index in [0.29, 0.717) is 12.0 Å². The van der Waals surface area contributed by atoms with Crippen LogP contribution in [0.4, 0.5) is 0 Å². The fraction of sp³-hybridized carbons (Fsp3) is 0.800. The Balaban J connectivity index is 1.74. The molecule has 0 amide bonds. The van der Waals surface area contributed by atoms with Gasteiger partial charge < -0.3 is 10.7 Å². The molecule has 0 radical (unpaired) electrons. The third-order valence-corrected chi connectivity index (χ3v) is 4.59. The Hall–Kier alpha value is -0.830. The highest BCUT2D eigenvalue weighted by atomic mass is 15.0. The van der Waals surface area contributed by atoms with Gasteiger partial charge in [0.25, 0.3) is 0 Å². The molecule has 18 heavy (non-hydrogen) atoms. The molecule has 0 spiro atoms. The fourth-order valence-electron chi connectivity index (χ4n) is 3.45. The summed E-state index contributed by atoms with van der Waals surface area (Å²) in [5.74, 6) is 1.93. The fourth-order valence-corrected chi connectivity index (χ4v) is 3.45. The third kappa shape index (κ3) is 2.61. The lowest BCUT2D eigenvalue weighted by Gasteiger charge is -2.17. The first kappa shape index (κ1) is 12.2. The number of hydrogen-bond acceptors (Lipinski definition) is 2. The number of nitrogens with zero attached hydrogens (tertiary/aromatic N) is 1. The van der Waals surface area contributed by atoms with Gasteiger partial charge in [-0.25, -0.2) is 4.98 Å². The van der Waals surface area contributed by atoms with Gasteiger partial charge in [0.15, 0.2) is 0 Å². The Morgan fingerprint density at radius 3 is 2.50 bits per heavy atom. The SMILES string of the molecule is NC1CCc2nc(C3CCCCCCC3)[nH]c2C1. The summed E-state index contributed by atoms with van der Waals surface area (Å²) in [6.07, 6.45) is 12.8. The summed E-state index contributed by atoms with van der Waals surface area (Å²) in [5, 5.41) is 0. The first-order chi connectivity index (χ1) is 8.83. The van der Waals surface area contributed by atoms with E-state index >= 15 is 0 Å². The van der Waals surface area contributed by atoms with Gasteiger partial charge in [0.1, 0.15) is 5.82 Å². The number of nitrogens with two attached hydrogens (primary N) is 1. The molecule has 1 saturated carbocycles. The maximum Gasteiger partial charge on any atom is 0.109 e. The van der Waals surface area contributed by atoms with Gasteiger partial charge >= 0.3 is 0 Å². The maximum atomic E-state index is 6.04. The van der Waals surface area contributed by atoms with Gasteiger partial charge in [0, 0.05) is 24.1 Å². The quantitative estimate of drug-likeness (QED) is 0.801. The molecule has 1 aromatic rings. The van der Waals surface area contributed by atoms with Gasteiger partial charge in [-0.1, -0.05) is 32.1 Å². The average Bonchev–Trinajstić information content (AvgIpc) is 2.71. The van der Waals surface area contributed by atoms with Crippen molar-refractivity contribution in [1.82, 2.24) is 9.97 Å². The van der Waals surface area contributed by atoms with Crippen molar-refractivity contribution in [2.24, 2.45) is 5.73 Å². The van der Waals surface area contributed by atoms with Crippen molar-refractivity contribution in [3.63, 3.8) is 0 Å². The summed E-state index contributed by atoms with van der Waals surface area (Å²) < 4.78 is 0. The third-order valence-electron chi connectivity index (χ3n) is 4.59. The number of nitrogens with one attached hydrogen (secondary N) is 1. The van der Waals surface area contributed by atoms with Crippen LogP contribution in [0.2, 0.25) is 0 Å².